The number of piperidine rings is 1. The molecule has 2 aromatic carbocycles. The Balaban J connectivity index is 1.21. The quantitative estimate of drug-likeness (QED) is 0.308. The van der Waals surface area contributed by atoms with E-state index < -0.39 is 11.9 Å². The Labute approximate surface area is 255 Å². The van der Waals surface area contributed by atoms with Gasteiger partial charge in [-0.25, -0.2) is 4.39 Å². The molecule has 44 heavy (non-hydrogen) atoms. The number of fused-ring (bicyclic) bond motifs is 1. The van der Waals surface area contributed by atoms with Gasteiger partial charge in [0.05, 0.1) is 25.4 Å². The number of hydrogen-bond acceptors (Lipinski definition) is 7. The first kappa shape index (κ1) is 29.1. The van der Waals surface area contributed by atoms with E-state index in [4.69, 9.17) is 9.73 Å². The maximum absolute atomic E-state index is 15.0. The van der Waals surface area contributed by atoms with Crippen LogP contribution in [0.3, 0.4) is 0 Å². The number of nitrogens with one attached hydrogen (secondary N) is 2. The number of likely N-dealkylation sites (tertiary alicyclic amines) is 1. The van der Waals surface area contributed by atoms with Crippen molar-refractivity contribution in [3.05, 3.63) is 119 Å². The van der Waals surface area contributed by atoms with Gasteiger partial charge < -0.3 is 15.4 Å². The van der Waals surface area contributed by atoms with Gasteiger partial charge in [0, 0.05) is 71.4 Å². The molecule has 4 aromatic rings. The summed E-state index contributed by atoms with van der Waals surface area (Å²) in [6, 6.07) is 16.9. The van der Waals surface area contributed by atoms with Gasteiger partial charge in [0.2, 0.25) is 5.91 Å². The van der Waals surface area contributed by atoms with Crippen molar-refractivity contribution in [3.63, 3.8) is 0 Å². The van der Waals surface area contributed by atoms with Gasteiger partial charge in [0.1, 0.15) is 11.6 Å². The zero-order valence-electron chi connectivity index (χ0n) is 24.6. The minimum atomic E-state index is -0.539. The van der Waals surface area contributed by atoms with Crippen LogP contribution in [0.4, 0.5) is 10.1 Å². The van der Waals surface area contributed by atoms with Gasteiger partial charge >= 0.3 is 0 Å². The van der Waals surface area contributed by atoms with Crippen LogP contribution in [0, 0.1) is 12.7 Å². The highest BCUT2D eigenvalue weighted by atomic mass is 19.1. The fourth-order valence-corrected chi connectivity index (χ4v) is 5.91. The molecule has 9 nitrogen and oxygen atoms in total. The number of aromatic nitrogens is 2. The molecule has 1 fully saturated rings. The van der Waals surface area contributed by atoms with Gasteiger partial charge in [0.25, 0.3) is 5.91 Å². The minimum absolute atomic E-state index is 0.140. The lowest BCUT2D eigenvalue weighted by Crippen LogP contribution is -2.55. The van der Waals surface area contributed by atoms with E-state index >= 15 is 0 Å². The van der Waals surface area contributed by atoms with Crippen molar-refractivity contribution in [2.24, 2.45) is 4.99 Å². The molecule has 2 atom stereocenters. The van der Waals surface area contributed by atoms with E-state index in [1.165, 1.54) is 13.2 Å². The molecular weight excluding hydrogens is 559 g/mol. The van der Waals surface area contributed by atoms with Crippen LogP contribution in [-0.4, -0.2) is 58.1 Å². The summed E-state index contributed by atoms with van der Waals surface area (Å²) in [5.74, 6) is -0.417. The summed E-state index contributed by atoms with van der Waals surface area (Å²) in [5.41, 5.74) is 6.25. The highest BCUT2D eigenvalue weighted by Crippen LogP contribution is 2.29. The topological polar surface area (TPSA) is 109 Å². The minimum Gasteiger partial charge on any atom is -0.496 e. The zero-order chi connectivity index (χ0) is 30.6. The monoisotopic (exact) mass is 592 g/mol. The Bertz CT molecular complexity index is 1730. The average Bonchev–Trinajstić information content (AvgIpc) is 3.46. The van der Waals surface area contributed by atoms with Crippen LogP contribution in [0.25, 0.3) is 0 Å². The van der Waals surface area contributed by atoms with Crippen molar-refractivity contribution in [2.75, 3.05) is 19.0 Å². The van der Waals surface area contributed by atoms with E-state index in [-0.39, 0.29) is 24.4 Å². The molecule has 1 saturated heterocycles. The predicted octanol–water partition coefficient (Wildman–Crippen LogP) is 4.69. The first-order chi connectivity index (χ1) is 21.4. The van der Waals surface area contributed by atoms with Crippen LogP contribution in [-0.2, 0) is 17.9 Å². The Morgan fingerprint density at radius 3 is 2.68 bits per heavy atom. The van der Waals surface area contributed by atoms with Crippen LogP contribution in [0.15, 0.2) is 84.2 Å². The van der Waals surface area contributed by atoms with E-state index in [1.54, 1.807) is 42.9 Å². The molecule has 0 unspecified atom stereocenters. The lowest BCUT2D eigenvalue weighted by molar-refractivity contribution is -0.123. The van der Waals surface area contributed by atoms with Gasteiger partial charge in [-0.3, -0.25) is 29.4 Å². The molecule has 224 valence electrons. The summed E-state index contributed by atoms with van der Waals surface area (Å²) >= 11 is 0. The van der Waals surface area contributed by atoms with Crippen molar-refractivity contribution in [3.8, 4) is 5.75 Å². The third-order valence-electron chi connectivity index (χ3n) is 8.13. The van der Waals surface area contributed by atoms with E-state index in [9.17, 15) is 14.0 Å². The number of anilines is 1. The second-order valence-electron chi connectivity index (χ2n) is 11.1. The Morgan fingerprint density at radius 1 is 1.05 bits per heavy atom. The van der Waals surface area contributed by atoms with Crippen LogP contribution in [0.1, 0.15) is 51.1 Å². The molecular formula is C34H33FN6O3. The molecule has 2 aliphatic rings. The largest absolute Gasteiger partial charge is 0.496 e. The van der Waals surface area contributed by atoms with E-state index in [0.29, 0.717) is 48.5 Å². The third-order valence-corrected chi connectivity index (χ3v) is 8.13. The first-order valence-electron chi connectivity index (χ1n) is 14.6. The molecule has 10 heteroatoms. The number of halogens is 1. The number of nitrogens with zero attached hydrogens (tertiary/aromatic N) is 4. The molecule has 2 aromatic heterocycles. The van der Waals surface area contributed by atoms with Crippen LogP contribution < -0.4 is 15.4 Å². The number of ether oxygens (including phenoxy) is 1. The predicted molar refractivity (Wildman–Crippen MR) is 165 cm³/mol. The van der Waals surface area contributed by atoms with Gasteiger partial charge in [-0.05, 0) is 73.9 Å². The maximum Gasteiger partial charge on any atom is 0.251 e. The number of aryl methyl sites for hydroxylation is 1. The highest BCUT2D eigenvalue weighted by Gasteiger charge is 2.35. The molecule has 4 heterocycles. The Kier molecular flexibility index (Phi) is 8.42. The number of pyridine rings is 2. The lowest BCUT2D eigenvalue weighted by atomic mass is 9.95. The standard InChI is InChI=1S/C34H33FN6O3/c1-21-16-22(10-15-37-21)32-27-17-23(6-7-24(27)18-38-32)33(42)40-26-8-9-30(34(43)39-25-11-13-36-14-12-25)41(19-26)20-28-29(35)4-3-5-31(28)44-2/h3-7,10-17,26,30H,8-9,18-20H2,1-2H3,(H,40,42)(H,36,39,43)/t26-,30+/m1/s1. The lowest BCUT2D eigenvalue weighted by Gasteiger charge is -2.39. The number of methoxy groups -OCH3 is 1. The van der Waals surface area contributed by atoms with E-state index in [2.05, 4.69) is 20.6 Å². The number of carbonyl (C=O) groups excluding carboxylic acids is 2. The summed E-state index contributed by atoms with van der Waals surface area (Å²) in [4.78, 5) is 41.9. The Hall–Kier alpha value is -4.96. The molecule has 0 aliphatic carbocycles. The van der Waals surface area contributed by atoms with Crippen molar-refractivity contribution in [2.45, 2.75) is 44.9 Å². The number of rotatable bonds is 8. The SMILES string of the molecule is COc1cccc(F)c1CN1C[C@H](NC(=O)c2ccc3c(c2)C(c2ccnc(C)c2)=NC3)CC[C@H]1C(=O)Nc1ccncc1. The average molecular weight is 593 g/mol. The van der Waals surface area contributed by atoms with Crippen LogP contribution in [0.5, 0.6) is 5.75 Å². The molecule has 0 radical (unpaired) electrons. The normalized spacial score (nSPS) is 17.8. The number of hydrogen-bond donors (Lipinski definition) is 2. The van der Waals surface area contributed by atoms with Gasteiger partial charge in [0.15, 0.2) is 0 Å². The van der Waals surface area contributed by atoms with Gasteiger partial charge in [-0.15, -0.1) is 0 Å². The molecule has 6 rings (SSSR count). The molecule has 0 spiro atoms. The molecule has 2 aliphatic heterocycles. The second-order valence-corrected chi connectivity index (χ2v) is 11.1. The van der Waals surface area contributed by atoms with Crippen molar-refractivity contribution in [1.82, 2.24) is 20.2 Å². The summed E-state index contributed by atoms with van der Waals surface area (Å²) in [6.07, 6.45) is 6.03. The highest BCUT2D eigenvalue weighted by molar-refractivity contribution is 6.16. The van der Waals surface area contributed by atoms with E-state index in [0.717, 1.165) is 28.1 Å². The summed E-state index contributed by atoms with van der Waals surface area (Å²) in [7, 11) is 1.49. The third kappa shape index (κ3) is 6.21. The number of aliphatic imine (C=N–C) groups is 1. The van der Waals surface area contributed by atoms with Crippen LogP contribution in [0.2, 0.25) is 0 Å². The second kappa shape index (κ2) is 12.7. The summed E-state index contributed by atoms with van der Waals surface area (Å²) < 4.78 is 20.4. The smallest absolute Gasteiger partial charge is 0.251 e. The molecule has 0 bridgehead atoms. The molecule has 2 N–H and O–H groups in total. The summed E-state index contributed by atoms with van der Waals surface area (Å²) in [6.45, 7) is 2.99. The zero-order valence-corrected chi connectivity index (χ0v) is 24.6. The van der Waals surface area contributed by atoms with Crippen molar-refractivity contribution in [1.29, 1.82) is 0 Å². The molecule has 2 amide bonds. The van der Waals surface area contributed by atoms with Gasteiger partial charge in [-0.2, -0.15) is 0 Å². The Morgan fingerprint density at radius 2 is 1.89 bits per heavy atom. The van der Waals surface area contributed by atoms with Gasteiger partial charge in [-0.1, -0.05) is 12.1 Å². The van der Waals surface area contributed by atoms with E-state index in [1.807, 2.05) is 42.2 Å². The van der Waals surface area contributed by atoms with Crippen molar-refractivity contribution >= 4 is 23.2 Å². The number of benzene rings is 2. The van der Waals surface area contributed by atoms with Crippen LogP contribution >= 0.6 is 0 Å². The molecule has 0 saturated carbocycles. The number of amides is 2. The first-order valence-corrected chi connectivity index (χ1v) is 14.6. The maximum atomic E-state index is 15.0. The summed E-state index contributed by atoms with van der Waals surface area (Å²) in [5, 5.41) is 6.11. The van der Waals surface area contributed by atoms with Crippen molar-refractivity contribution < 1.29 is 18.7 Å². The fourth-order valence-electron chi connectivity index (χ4n) is 5.91. The number of carbonyl (C=O) groups is 2. The fraction of sp³-hybridized carbons (Fsp3) is 0.265.